The summed E-state index contributed by atoms with van der Waals surface area (Å²) >= 11 is 3.06. The summed E-state index contributed by atoms with van der Waals surface area (Å²) in [5.41, 5.74) is 5.48. The van der Waals surface area contributed by atoms with Crippen molar-refractivity contribution in [2.24, 2.45) is 5.73 Å². The molecule has 3 N–H and O–H groups in total. The predicted molar refractivity (Wildman–Crippen MR) is 55.2 cm³/mol. The molecule has 0 saturated carbocycles. The SMILES string of the molecule is COc1c(Br)cc(F)cc1C(N)C(=O)O. The average molecular weight is 278 g/mol. The lowest BCUT2D eigenvalue weighted by molar-refractivity contribution is -0.138. The number of aliphatic carboxylic acids is 1. The highest BCUT2D eigenvalue weighted by Gasteiger charge is 2.21. The highest BCUT2D eigenvalue weighted by molar-refractivity contribution is 9.10. The molecule has 6 heteroatoms. The van der Waals surface area contributed by atoms with Gasteiger partial charge < -0.3 is 15.6 Å². The summed E-state index contributed by atoms with van der Waals surface area (Å²) in [6, 6.07) is 0.909. The van der Waals surface area contributed by atoms with E-state index in [9.17, 15) is 9.18 Å². The number of carboxylic acids is 1. The summed E-state index contributed by atoms with van der Waals surface area (Å²) in [6.07, 6.45) is 0. The fraction of sp³-hybridized carbons (Fsp3) is 0.222. The Labute approximate surface area is 94.0 Å². The molecule has 0 saturated heterocycles. The third-order valence-corrected chi connectivity index (χ3v) is 2.43. The van der Waals surface area contributed by atoms with E-state index in [1.54, 1.807) is 0 Å². The van der Waals surface area contributed by atoms with Crippen LogP contribution in [0, 0.1) is 5.82 Å². The molecule has 0 bridgehead atoms. The van der Waals surface area contributed by atoms with Crippen molar-refractivity contribution >= 4 is 21.9 Å². The third-order valence-electron chi connectivity index (χ3n) is 1.84. The van der Waals surface area contributed by atoms with Gasteiger partial charge in [0, 0.05) is 5.56 Å². The molecule has 4 nitrogen and oxygen atoms in total. The number of benzene rings is 1. The molecule has 0 aromatic heterocycles. The second-order valence-electron chi connectivity index (χ2n) is 2.83. The molecule has 1 aromatic carbocycles. The first-order valence-electron chi connectivity index (χ1n) is 3.98. The van der Waals surface area contributed by atoms with Gasteiger partial charge >= 0.3 is 5.97 Å². The average Bonchev–Trinajstić information content (AvgIpc) is 2.15. The fourth-order valence-electron chi connectivity index (χ4n) is 1.16. The maximum absolute atomic E-state index is 13.0. The predicted octanol–water partition coefficient (Wildman–Crippen LogP) is 1.68. The Kier molecular flexibility index (Phi) is 3.65. The van der Waals surface area contributed by atoms with Gasteiger partial charge in [0.2, 0.25) is 0 Å². The molecular formula is C9H9BrFNO3. The maximum Gasteiger partial charge on any atom is 0.325 e. The van der Waals surface area contributed by atoms with Gasteiger partial charge in [-0.25, -0.2) is 4.39 Å². The topological polar surface area (TPSA) is 72.5 Å². The number of methoxy groups -OCH3 is 1. The number of nitrogens with two attached hydrogens (primary N) is 1. The largest absolute Gasteiger partial charge is 0.495 e. The molecule has 15 heavy (non-hydrogen) atoms. The molecule has 1 aromatic rings. The smallest absolute Gasteiger partial charge is 0.325 e. The second-order valence-corrected chi connectivity index (χ2v) is 3.68. The number of ether oxygens (including phenoxy) is 1. The fourth-order valence-corrected chi connectivity index (χ4v) is 1.77. The Bertz CT molecular complexity index is 397. The highest BCUT2D eigenvalue weighted by atomic mass is 79.9. The van der Waals surface area contributed by atoms with Crippen LogP contribution in [0.5, 0.6) is 5.75 Å². The summed E-state index contributed by atoms with van der Waals surface area (Å²) in [5.74, 6) is -1.59. The van der Waals surface area contributed by atoms with Crippen LogP contribution in [0.1, 0.15) is 11.6 Å². The third kappa shape index (κ3) is 2.45. The van der Waals surface area contributed by atoms with Crippen LogP contribution in [0.4, 0.5) is 4.39 Å². The van der Waals surface area contributed by atoms with E-state index in [2.05, 4.69) is 15.9 Å². The first-order valence-corrected chi connectivity index (χ1v) is 4.78. The molecule has 0 aliphatic heterocycles. The van der Waals surface area contributed by atoms with E-state index in [4.69, 9.17) is 15.6 Å². The minimum atomic E-state index is -1.31. The van der Waals surface area contributed by atoms with Crippen molar-refractivity contribution in [3.8, 4) is 5.75 Å². The molecule has 1 unspecified atom stereocenters. The summed E-state index contributed by atoms with van der Waals surface area (Å²) < 4.78 is 18.3. The van der Waals surface area contributed by atoms with Gasteiger partial charge in [0.25, 0.3) is 0 Å². The van der Waals surface area contributed by atoms with Gasteiger partial charge in [-0.2, -0.15) is 0 Å². The van der Waals surface area contributed by atoms with Crippen molar-refractivity contribution in [1.82, 2.24) is 0 Å². The van der Waals surface area contributed by atoms with Crippen molar-refractivity contribution in [2.75, 3.05) is 7.11 Å². The van der Waals surface area contributed by atoms with E-state index < -0.39 is 17.8 Å². The number of hydrogen-bond acceptors (Lipinski definition) is 3. The van der Waals surface area contributed by atoms with Gasteiger partial charge in [-0.1, -0.05) is 0 Å². The van der Waals surface area contributed by atoms with Crippen molar-refractivity contribution in [3.63, 3.8) is 0 Å². The molecule has 0 aliphatic rings. The molecule has 0 radical (unpaired) electrons. The van der Waals surface area contributed by atoms with Crippen molar-refractivity contribution in [3.05, 3.63) is 28.0 Å². The van der Waals surface area contributed by atoms with E-state index in [1.807, 2.05) is 0 Å². The highest BCUT2D eigenvalue weighted by Crippen LogP contribution is 2.33. The maximum atomic E-state index is 13.0. The van der Waals surface area contributed by atoms with Gasteiger partial charge in [0.15, 0.2) is 0 Å². The molecular weight excluding hydrogens is 269 g/mol. The Morgan fingerprint density at radius 2 is 2.27 bits per heavy atom. The molecule has 0 heterocycles. The molecule has 0 spiro atoms. The standard InChI is InChI=1S/C9H9BrFNO3/c1-15-8-5(7(12)9(13)14)2-4(11)3-6(8)10/h2-3,7H,12H2,1H3,(H,13,14). The summed E-state index contributed by atoms with van der Waals surface area (Å²) in [5, 5.41) is 8.72. The number of carboxylic acid groups (broad SMARTS) is 1. The van der Waals surface area contributed by atoms with E-state index in [-0.39, 0.29) is 11.3 Å². The van der Waals surface area contributed by atoms with E-state index >= 15 is 0 Å². The zero-order valence-corrected chi connectivity index (χ0v) is 9.42. The minimum absolute atomic E-state index is 0.0943. The van der Waals surface area contributed by atoms with Crippen LogP contribution in [-0.4, -0.2) is 18.2 Å². The summed E-state index contributed by atoms with van der Waals surface area (Å²) in [4.78, 5) is 10.7. The van der Waals surface area contributed by atoms with Crippen LogP contribution in [-0.2, 0) is 4.79 Å². The monoisotopic (exact) mass is 277 g/mol. The molecule has 0 aliphatic carbocycles. The lowest BCUT2D eigenvalue weighted by Gasteiger charge is -2.13. The lowest BCUT2D eigenvalue weighted by atomic mass is 10.1. The van der Waals surface area contributed by atoms with E-state index in [0.29, 0.717) is 4.47 Å². The van der Waals surface area contributed by atoms with Gasteiger partial charge in [0.05, 0.1) is 11.6 Å². The first kappa shape index (κ1) is 11.9. The molecule has 1 rings (SSSR count). The van der Waals surface area contributed by atoms with Crippen LogP contribution in [0.25, 0.3) is 0 Å². The van der Waals surface area contributed by atoms with Crippen molar-refractivity contribution in [2.45, 2.75) is 6.04 Å². The van der Waals surface area contributed by atoms with Gasteiger partial charge in [-0.3, -0.25) is 4.79 Å². The van der Waals surface area contributed by atoms with Crippen LogP contribution >= 0.6 is 15.9 Å². The Balaban J connectivity index is 3.32. The second kappa shape index (κ2) is 4.59. The summed E-state index contributed by atoms with van der Waals surface area (Å²) in [6.45, 7) is 0. The van der Waals surface area contributed by atoms with Crippen LogP contribution < -0.4 is 10.5 Å². The number of rotatable bonds is 3. The molecule has 82 valence electrons. The van der Waals surface area contributed by atoms with Gasteiger partial charge in [-0.05, 0) is 28.1 Å². The first-order chi connectivity index (χ1) is 6.97. The molecule has 1 atom stereocenters. The van der Waals surface area contributed by atoms with Gasteiger partial charge in [-0.15, -0.1) is 0 Å². The Morgan fingerprint density at radius 3 is 2.73 bits per heavy atom. The van der Waals surface area contributed by atoms with Crippen LogP contribution in [0.15, 0.2) is 16.6 Å². The lowest BCUT2D eigenvalue weighted by Crippen LogP contribution is -2.21. The summed E-state index contributed by atoms with van der Waals surface area (Å²) in [7, 11) is 1.36. The molecule has 0 amide bonds. The molecule has 0 fully saturated rings. The van der Waals surface area contributed by atoms with Crippen LogP contribution in [0.2, 0.25) is 0 Å². The zero-order valence-electron chi connectivity index (χ0n) is 7.83. The van der Waals surface area contributed by atoms with Crippen molar-refractivity contribution in [1.29, 1.82) is 0 Å². The number of halogens is 2. The normalized spacial score (nSPS) is 12.3. The van der Waals surface area contributed by atoms with Crippen molar-refractivity contribution < 1.29 is 19.0 Å². The zero-order chi connectivity index (χ0) is 11.6. The number of carbonyl (C=O) groups is 1. The van der Waals surface area contributed by atoms with Crippen LogP contribution in [0.3, 0.4) is 0 Å². The van der Waals surface area contributed by atoms with E-state index in [1.165, 1.54) is 13.2 Å². The Hall–Kier alpha value is -1.14. The van der Waals surface area contributed by atoms with Gasteiger partial charge in [0.1, 0.15) is 17.6 Å². The van der Waals surface area contributed by atoms with E-state index in [0.717, 1.165) is 6.07 Å². The minimum Gasteiger partial charge on any atom is -0.495 e. The quantitative estimate of drug-likeness (QED) is 0.882. The number of hydrogen-bond donors (Lipinski definition) is 2. The Morgan fingerprint density at radius 1 is 1.67 bits per heavy atom.